The molecule has 5 heteroatoms. The van der Waals surface area contributed by atoms with Crippen LogP contribution in [0, 0.1) is 24.2 Å². The first-order valence-electron chi connectivity index (χ1n) is 8.02. The summed E-state index contributed by atoms with van der Waals surface area (Å²) in [5, 5.41) is 20.7. The molecule has 0 saturated heterocycles. The van der Waals surface area contributed by atoms with Crippen molar-refractivity contribution >= 4 is 11.9 Å². The van der Waals surface area contributed by atoms with E-state index in [1.807, 2.05) is 37.3 Å². The summed E-state index contributed by atoms with van der Waals surface area (Å²) in [4.78, 5) is 23.7. The van der Waals surface area contributed by atoms with Crippen LogP contribution in [0.1, 0.15) is 27.0 Å². The van der Waals surface area contributed by atoms with Crippen LogP contribution in [-0.4, -0.2) is 23.5 Å². The Morgan fingerprint density at radius 2 is 1.88 bits per heavy atom. The van der Waals surface area contributed by atoms with Crippen LogP contribution >= 0.6 is 0 Å². The number of amides is 1. The Bertz CT molecular complexity index is 791. The number of hydrogen-bond acceptors (Lipinski definition) is 3. The van der Waals surface area contributed by atoms with Gasteiger partial charge in [0.05, 0.1) is 18.4 Å². The first kappa shape index (κ1) is 18.2. The van der Waals surface area contributed by atoms with E-state index in [0.29, 0.717) is 18.4 Å². The zero-order valence-corrected chi connectivity index (χ0v) is 14.0. The Morgan fingerprint density at radius 3 is 2.48 bits per heavy atom. The largest absolute Gasteiger partial charge is 0.481 e. The normalized spacial score (nSPS) is 11.4. The highest BCUT2D eigenvalue weighted by Gasteiger charge is 2.19. The quantitative estimate of drug-likeness (QED) is 0.813. The highest BCUT2D eigenvalue weighted by atomic mass is 16.4. The maximum absolute atomic E-state index is 12.2. The number of nitrogens with one attached hydrogen (secondary N) is 1. The second-order valence-corrected chi connectivity index (χ2v) is 5.97. The summed E-state index contributed by atoms with van der Waals surface area (Å²) in [5.74, 6) is -1.95. The lowest BCUT2D eigenvalue weighted by Gasteiger charge is -2.14. The fraction of sp³-hybridized carbons (Fsp3) is 0.250. The minimum Gasteiger partial charge on any atom is -0.481 e. The minimum atomic E-state index is -0.939. The molecule has 2 aromatic rings. The monoisotopic (exact) mass is 336 g/mol. The molecule has 0 fully saturated rings. The molecule has 0 aliphatic rings. The second kappa shape index (κ2) is 8.65. The lowest BCUT2D eigenvalue weighted by Crippen LogP contribution is -2.34. The van der Waals surface area contributed by atoms with Crippen molar-refractivity contribution in [2.75, 3.05) is 6.54 Å². The Balaban J connectivity index is 1.97. The topological polar surface area (TPSA) is 90.2 Å². The smallest absolute Gasteiger partial charge is 0.308 e. The van der Waals surface area contributed by atoms with E-state index in [1.165, 1.54) is 0 Å². The predicted molar refractivity (Wildman–Crippen MR) is 94.1 cm³/mol. The minimum absolute atomic E-state index is 0.0576. The molecule has 2 rings (SSSR count). The van der Waals surface area contributed by atoms with E-state index in [2.05, 4.69) is 5.32 Å². The lowest BCUT2D eigenvalue weighted by molar-refractivity contribution is -0.141. The van der Waals surface area contributed by atoms with E-state index in [0.717, 1.165) is 16.7 Å². The van der Waals surface area contributed by atoms with Crippen molar-refractivity contribution in [3.8, 4) is 6.07 Å². The van der Waals surface area contributed by atoms with Gasteiger partial charge in [-0.2, -0.15) is 5.26 Å². The maximum Gasteiger partial charge on any atom is 0.308 e. The van der Waals surface area contributed by atoms with E-state index in [4.69, 9.17) is 5.26 Å². The van der Waals surface area contributed by atoms with E-state index in [9.17, 15) is 14.7 Å². The van der Waals surface area contributed by atoms with E-state index in [1.54, 1.807) is 24.3 Å². The van der Waals surface area contributed by atoms with Crippen LogP contribution in [0.4, 0.5) is 0 Å². The summed E-state index contributed by atoms with van der Waals surface area (Å²) in [5.41, 5.74) is 3.29. The summed E-state index contributed by atoms with van der Waals surface area (Å²) in [6.45, 7) is 2.01. The van der Waals surface area contributed by atoms with Crippen LogP contribution in [0.3, 0.4) is 0 Å². The number of carboxylic acid groups (broad SMARTS) is 1. The highest BCUT2D eigenvalue weighted by Crippen LogP contribution is 2.11. The molecule has 0 bridgehead atoms. The Labute approximate surface area is 146 Å². The predicted octanol–water partition coefficient (Wildman–Crippen LogP) is 2.73. The van der Waals surface area contributed by atoms with Crippen LogP contribution in [0.25, 0.3) is 0 Å². The fourth-order valence-electron chi connectivity index (χ4n) is 2.55. The van der Waals surface area contributed by atoms with Gasteiger partial charge in [-0.3, -0.25) is 9.59 Å². The standard InChI is InChI=1S/C20H20N2O3/c1-14-3-2-4-16(11-14)12-18(20(24)25)13-22-19(23)17-7-5-15(6-8-17)9-10-21/h2-8,11,18H,9,12-13H2,1H3,(H,22,23)(H,24,25). The van der Waals surface area contributed by atoms with Gasteiger partial charge in [-0.05, 0) is 36.6 Å². The number of hydrogen-bond donors (Lipinski definition) is 2. The number of benzene rings is 2. The summed E-state index contributed by atoms with van der Waals surface area (Å²) < 4.78 is 0. The van der Waals surface area contributed by atoms with Crippen molar-refractivity contribution in [2.24, 2.45) is 5.92 Å². The Morgan fingerprint density at radius 1 is 1.16 bits per heavy atom. The molecule has 1 amide bonds. The fourth-order valence-corrected chi connectivity index (χ4v) is 2.55. The Kier molecular flexibility index (Phi) is 6.30. The van der Waals surface area contributed by atoms with Crippen LogP contribution in [0.5, 0.6) is 0 Å². The number of carbonyl (C=O) groups excluding carboxylic acids is 1. The first-order chi connectivity index (χ1) is 12.0. The summed E-state index contributed by atoms with van der Waals surface area (Å²) in [6.07, 6.45) is 0.651. The molecule has 0 heterocycles. The third-order valence-electron chi connectivity index (χ3n) is 3.92. The van der Waals surface area contributed by atoms with E-state index >= 15 is 0 Å². The number of nitrogens with zero attached hydrogens (tertiary/aromatic N) is 1. The average molecular weight is 336 g/mol. The highest BCUT2D eigenvalue weighted by molar-refractivity contribution is 5.94. The Hall–Kier alpha value is -3.13. The van der Waals surface area contributed by atoms with Crippen molar-refractivity contribution in [1.82, 2.24) is 5.32 Å². The van der Waals surface area contributed by atoms with Crippen LogP contribution in [0.2, 0.25) is 0 Å². The molecule has 0 aromatic heterocycles. The van der Waals surface area contributed by atoms with Gasteiger partial charge in [0.25, 0.3) is 5.91 Å². The summed E-state index contributed by atoms with van der Waals surface area (Å²) >= 11 is 0. The molecule has 0 aliphatic carbocycles. The molecule has 1 atom stereocenters. The number of carboxylic acids is 1. The average Bonchev–Trinajstić information content (AvgIpc) is 2.59. The zero-order valence-electron chi connectivity index (χ0n) is 14.0. The molecule has 25 heavy (non-hydrogen) atoms. The number of aliphatic carboxylic acids is 1. The van der Waals surface area contributed by atoms with Crippen LogP contribution in [0.15, 0.2) is 48.5 Å². The molecule has 128 valence electrons. The molecule has 2 aromatic carbocycles. The van der Waals surface area contributed by atoms with E-state index < -0.39 is 11.9 Å². The molecular weight excluding hydrogens is 316 g/mol. The number of nitriles is 1. The molecule has 0 aliphatic heterocycles. The first-order valence-corrected chi connectivity index (χ1v) is 8.02. The molecule has 0 radical (unpaired) electrons. The van der Waals surface area contributed by atoms with Crippen molar-refractivity contribution in [2.45, 2.75) is 19.8 Å². The van der Waals surface area contributed by atoms with Gasteiger partial charge in [0.1, 0.15) is 0 Å². The van der Waals surface area contributed by atoms with Gasteiger partial charge in [-0.25, -0.2) is 0 Å². The summed E-state index contributed by atoms with van der Waals surface area (Å²) in [7, 11) is 0. The third-order valence-corrected chi connectivity index (χ3v) is 3.92. The van der Waals surface area contributed by atoms with Crippen molar-refractivity contribution in [3.63, 3.8) is 0 Å². The second-order valence-electron chi connectivity index (χ2n) is 5.97. The van der Waals surface area contributed by atoms with E-state index in [-0.39, 0.29) is 12.5 Å². The van der Waals surface area contributed by atoms with Gasteiger partial charge in [0, 0.05) is 12.1 Å². The molecule has 2 N–H and O–H groups in total. The number of rotatable bonds is 7. The molecule has 5 nitrogen and oxygen atoms in total. The third kappa shape index (κ3) is 5.47. The van der Waals surface area contributed by atoms with Crippen molar-refractivity contribution in [1.29, 1.82) is 5.26 Å². The van der Waals surface area contributed by atoms with Gasteiger partial charge in [-0.15, -0.1) is 0 Å². The molecule has 1 unspecified atom stereocenters. The number of carbonyl (C=O) groups is 2. The van der Waals surface area contributed by atoms with Crippen molar-refractivity contribution < 1.29 is 14.7 Å². The molecule has 0 spiro atoms. The molecular formula is C20H20N2O3. The maximum atomic E-state index is 12.2. The summed E-state index contributed by atoms with van der Waals surface area (Å²) in [6, 6.07) is 16.5. The van der Waals surface area contributed by atoms with Gasteiger partial charge in [0.2, 0.25) is 0 Å². The van der Waals surface area contributed by atoms with Gasteiger partial charge < -0.3 is 10.4 Å². The zero-order chi connectivity index (χ0) is 18.2. The van der Waals surface area contributed by atoms with Gasteiger partial charge in [-0.1, -0.05) is 42.0 Å². The lowest BCUT2D eigenvalue weighted by atomic mass is 9.98. The number of aryl methyl sites for hydroxylation is 1. The van der Waals surface area contributed by atoms with Gasteiger partial charge >= 0.3 is 5.97 Å². The van der Waals surface area contributed by atoms with Gasteiger partial charge in [0.15, 0.2) is 0 Å². The molecule has 0 saturated carbocycles. The SMILES string of the molecule is Cc1cccc(CC(CNC(=O)c2ccc(CC#N)cc2)C(=O)O)c1. The van der Waals surface area contributed by atoms with Crippen LogP contribution in [-0.2, 0) is 17.6 Å². The van der Waals surface area contributed by atoms with Crippen molar-refractivity contribution in [3.05, 3.63) is 70.8 Å². The van der Waals surface area contributed by atoms with Crippen LogP contribution < -0.4 is 5.32 Å².